The first-order valence-electron chi connectivity index (χ1n) is 7.22. The molecule has 0 aromatic carbocycles. The Kier molecular flexibility index (Phi) is 6.06. The fourth-order valence-corrected chi connectivity index (χ4v) is 2.15. The van der Waals surface area contributed by atoms with E-state index in [2.05, 4.69) is 25.9 Å². The van der Waals surface area contributed by atoms with Crippen molar-refractivity contribution >= 4 is 5.91 Å². The maximum atomic E-state index is 12.5. The summed E-state index contributed by atoms with van der Waals surface area (Å²) in [6.45, 7) is 11.0. The molecule has 0 bridgehead atoms. The fraction of sp³-hybridized carbons (Fsp3) is 0.733. The molecule has 0 aliphatic carbocycles. The zero-order valence-corrected chi connectivity index (χ0v) is 12.8. The van der Waals surface area contributed by atoms with Gasteiger partial charge in [0.2, 0.25) is 5.91 Å². The highest BCUT2D eigenvalue weighted by atomic mass is 16.5. The largest absolute Gasteiger partial charge is 0.361 e. The van der Waals surface area contributed by atoms with E-state index in [1.54, 1.807) is 0 Å². The summed E-state index contributed by atoms with van der Waals surface area (Å²) in [6, 6.07) is 0.291. The summed E-state index contributed by atoms with van der Waals surface area (Å²) in [5, 5.41) is 3.91. The minimum absolute atomic E-state index is 0.178. The molecule has 0 fully saturated rings. The van der Waals surface area contributed by atoms with Crippen molar-refractivity contribution in [3.63, 3.8) is 0 Å². The van der Waals surface area contributed by atoms with Crippen molar-refractivity contribution in [3.8, 4) is 0 Å². The second-order valence-corrected chi connectivity index (χ2v) is 5.18. The van der Waals surface area contributed by atoms with Crippen molar-refractivity contribution in [1.82, 2.24) is 10.1 Å². The summed E-state index contributed by atoms with van der Waals surface area (Å²) in [5.74, 6) is 0.933. The van der Waals surface area contributed by atoms with Crippen molar-refractivity contribution in [1.29, 1.82) is 0 Å². The van der Waals surface area contributed by atoms with Crippen LogP contribution < -0.4 is 0 Å². The molecular formula is C15H26N2O2. The second-order valence-electron chi connectivity index (χ2n) is 5.18. The Morgan fingerprint density at radius 1 is 1.37 bits per heavy atom. The van der Waals surface area contributed by atoms with Gasteiger partial charge >= 0.3 is 0 Å². The molecule has 0 aliphatic rings. The standard InChI is InChI=1S/C15H26N2O2/c1-6-8-9-17(11(3)7-2)15(18)10-14-12(4)16-19-13(14)5/h11H,6-10H2,1-5H3. The number of aromatic nitrogens is 1. The Morgan fingerprint density at radius 2 is 2.05 bits per heavy atom. The SMILES string of the molecule is CCCCN(C(=O)Cc1c(C)noc1C)C(C)CC. The van der Waals surface area contributed by atoms with Crippen LogP contribution in [0.15, 0.2) is 4.52 Å². The number of amides is 1. The zero-order chi connectivity index (χ0) is 14.4. The Morgan fingerprint density at radius 3 is 2.53 bits per heavy atom. The van der Waals surface area contributed by atoms with E-state index in [0.717, 1.165) is 42.8 Å². The van der Waals surface area contributed by atoms with E-state index in [0.29, 0.717) is 12.5 Å². The Bertz CT molecular complexity index is 393. The number of nitrogens with zero attached hydrogens (tertiary/aromatic N) is 2. The molecule has 4 heteroatoms. The molecule has 1 heterocycles. The van der Waals surface area contributed by atoms with Crippen LogP contribution in [0.1, 0.15) is 57.1 Å². The number of aryl methyl sites for hydroxylation is 2. The Hall–Kier alpha value is -1.32. The van der Waals surface area contributed by atoms with Gasteiger partial charge in [-0.3, -0.25) is 4.79 Å². The van der Waals surface area contributed by atoms with Crippen LogP contribution in [0.25, 0.3) is 0 Å². The minimum Gasteiger partial charge on any atom is -0.361 e. The van der Waals surface area contributed by atoms with Gasteiger partial charge in [0.05, 0.1) is 12.1 Å². The van der Waals surface area contributed by atoms with Gasteiger partial charge in [-0.25, -0.2) is 0 Å². The molecule has 0 spiro atoms. The molecule has 108 valence electrons. The lowest BCUT2D eigenvalue weighted by molar-refractivity contribution is -0.132. The van der Waals surface area contributed by atoms with E-state index in [1.807, 2.05) is 18.7 Å². The van der Waals surface area contributed by atoms with Crippen molar-refractivity contribution in [3.05, 3.63) is 17.0 Å². The smallest absolute Gasteiger partial charge is 0.227 e. The molecule has 0 saturated carbocycles. The Labute approximate surface area is 116 Å². The number of carbonyl (C=O) groups is 1. The van der Waals surface area contributed by atoms with E-state index in [1.165, 1.54) is 0 Å². The fourth-order valence-electron chi connectivity index (χ4n) is 2.15. The van der Waals surface area contributed by atoms with Crippen LogP contribution in [0.4, 0.5) is 0 Å². The van der Waals surface area contributed by atoms with Crippen LogP contribution in [0.3, 0.4) is 0 Å². The molecule has 1 aromatic rings. The lowest BCUT2D eigenvalue weighted by atomic mass is 10.1. The summed E-state index contributed by atoms with van der Waals surface area (Å²) in [6.07, 6.45) is 3.54. The molecule has 1 rings (SSSR count). The highest BCUT2D eigenvalue weighted by Crippen LogP contribution is 2.16. The highest BCUT2D eigenvalue weighted by Gasteiger charge is 2.21. The molecule has 19 heavy (non-hydrogen) atoms. The topological polar surface area (TPSA) is 46.3 Å². The van der Waals surface area contributed by atoms with E-state index in [9.17, 15) is 4.79 Å². The minimum atomic E-state index is 0.178. The molecule has 0 radical (unpaired) electrons. The molecule has 1 unspecified atom stereocenters. The lowest BCUT2D eigenvalue weighted by Crippen LogP contribution is -2.40. The van der Waals surface area contributed by atoms with Gasteiger partial charge in [0.15, 0.2) is 0 Å². The van der Waals surface area contributed by atoms with E-state index in [4.69, 9.17) is 4.52 Å². The van der Waals surface area contributed by atoms with Crippen LogP contribution >= 0.6 is 0 Å². The van der Waals surface area contributed by atoms with Crippen molar-refractivity contribution in [2.45, 2.75) is 66.3 Å². The first kappa shape index (κ1) is 15.7. The van der Waals surface area contributed by atoms with E-state index in [-0.39, 0.29) is 5.91 Å². The van der Waals surface area contributed by atoms with Gasteiger partial charge in [0.1, 0.15) is 5.76 Å². The summed E-state index contributed by atoms with van der Waals surface area (Å²) >= 11 is 0. The average Bonchev–Trinajstić information content (AvgIpc) is 2.70. The molecule has 1 aromatic heterocycles. The normalized spacial score (nSPS) is 12.5. The molecule has 4 nitrogen and oxygen atoms in total. The number of hydrogen-bond acceptors (Lipinski definition) is 3. The van der Waals surface area contributed by atoms with E-state index < -0.39 is 0 Å². The molecule has 0 saturated heterocycles. The van der Waals surface area contributed by atoms with Crippen molar-refractivity contribution < 1.29 is 9.32 Å². The summed E-state index contributed by atoms with van der Waals surface area (Å²) in [4.78, 5) is 14.5. The quantitative estimate of drug-likeness (QED) is 0.761. The third kappa shape index (κ3) is 4.08. The third-order valence-electron chi connectivity index (χ3n) is 3.71. The third-order valence-corrected chi connectivity index (χ3v) is 3.71. The van der Waals surface area contributed by atoms with Crippen LogP contribution in [-0.2, 0) is 11.2 Å². The predicted octanol–water partition coefficient (Wildman–Crippen LogP) is 3.26. The lowest BCUT2D eigenvalue weighted by Gasteiger charge is -2.28. The first-order valence-corrected chi connectivity index (χ1v) is 7.22. The van der Waals surface area contributed by atoms with Gasteiger partial charge < -0.3 is 9.42 Å². The second kappa shape index (κ2) is 7.31. The molecular weight excluding hydrogens is 240 g/mol. The summed E-state index contributed by atoms with van der Waals surface area (Å²) in [5.41, 5.74) is 1.76. The number of carbonyl (C=O) groups excluding carboxylic acids is 1. The van der Waals surface area contributed by atoms with Gasteiger partial charge in [-0.15, -0.1) is 0 Å². The average molecular weight is 266 g/mol. The van der Waals surface area contributed by atoms with E-state index >= 15 is 0 Å². The number of hydrogen-bond donors (Lipinski definition) is 0. The van der Waals surface area contributed by atoms with Crippen LogP contribution in [0.5, 0.6) is 0 Å². The van der Waals surface area contributed by atoms with Crippen molar-refractivity contribution in [2.24, 2.45) is 0 Å². The number of rotatable bonds is 7. The summed E-state index contributed by atoms with van der Waals surface area (Å²) in [7, 11) is 0. The van der Waals surface area contributed by atoms with Gasteiger partial charge in [-0.1, -0.05) is 25.4 Å². The van der Waals surface area contributed by atoms with Gasteiger partial charge in [0.25, 0.3) is 0 Å². The highest BCUT2D eigenvalue weighted by molar-refractivity contribution is 5.79. The zero-order valence-electron chi connectivity index (χ0n) is 12.8. The predicted molar refractivity (Wildman–Crippen MR) is 76.1 cm³/mol. The Balaban J connectivity index is 2.76. The molecule has 0 N–H and O–H groups in total. The first-order chi connectivity index (χ1) is 9.01. The molecule has 0 aliphatic heterocycles. The monoisotopic (exact) mass is 266 g/mol. The number of unbranched alkanes of at least 4 members (excludes halogenated alkanes) is 1. The van der Waals surface area contributed by atoms with Crippen molar-refractivity contribution in [2.75, 3.05) is 6.54 Å². The summed E-state index contributed by atoms with van der Waals surface area (Å²) < 4.78 is 5.12. The maximum Gasteiger partial charge on any atom is 0.227 e. The van der Waals surface area contributed by atoms with Gasteiger partial charge in [-0.2, -0.15) is 0 Å². The van der Waals surface area contributed by atoms with Crippen LogP contribution in [0.2, 0.25) is 0 Å². The molecule has 1 atom stereocenters. The van der Waals surface area contributed by atoms with Gasteiger partial charge in [0, 0.05) is 18.2 Å². The molecule has 1 amide bonds. The van der Waals surface area contributed by atoms with Crippen LogP contribution in [0, 0.1) is 13.8 Å². The maximum absolute atomic E-state index is 12.5. The van der Waals surface area contributed by atoms with Gasteiger partial charge in [-0.05, 0) is 33.6 Å². The van der Waals surface area contributed by atoms with Crippen LogP contribution in [-0.4, -0.2) is 28.6 Å².